The molecule has 3 nitrogen and oxygen atoms in total. The highest BCUT2D eigenvalue weighted by molar-refractivity contribution is 9.10. The van der Waals surface area contributed by atoms with Gasteiger partial charge in [0.2, 0.25) is 0 Å². The third-order valence-corrected chi connectivity index (χ3v) is 4.29. The summed E-state index contributed by atoms with van der Waals surface area (Å²) >= 11 is 3.38. The Balaban J connectivity index is 2.25. The van der Waals surface area contributed by atoms with E-state index in [0.717, 1.165) is 35.6 Å². The molecule has 0 aromatic heterocycles. The molecule has 0 aliphatic carbocycles. The number of rotatable bonds is 2. The summed E-state index contributed by atoms with van der Waals surface area (Å²) in [5.41, 5.74) is 1.34. The van der Waals surface area contributed by atoms with Crippen molar-refractivity contribution in [1.29, 1.82) is 0 Å². The van der Waals surface area contributed by atoms with Crippen molar-refractivity contribution in [3.63, 3.8) is 0 Å². The summed E-state index contributed by atoms with van der Waals surface area (Å²) in [4.78, 5) is 13.3. The molecule has 2 atom stereocenters. The second-order valence-corrected chi connectivity index (χ2v) is 6.11. The molecule has 0 radical (unpaired) electrons. The molecule has 0 amide bonds. The monoisotopic (exact) mass is 311 g/mol. The van der Waals surface area contributed by atoms with Gasteiger partial charge in [-0.3, -0.25) is 0 Å². The van der Waals surface area contributed by atoms with Gasteiger partial charge in [-0.15, -0.1) is 0 Å². The summed E-state index contributed by atoms with van der Waals surface area (Å²) in [5, 5.41) is 9.09. The summed E-state index contributed by atoms with van der Waals surface area (Å²) < 4.78 is 0.823. The van der Waals surface area contributed by atoms with Gasteiger partial charge in [0.1, 0.15) is 0 Å². The number of carboxylic acids is 1. The molecule has 1 aliphatic heterocycles. The van der Waals surface area contributed by atoms with Crippen molar-refractivity contribution in [1.82, 2.24) is 0 Å². The van der Waals surface area contributed by atoms with Gasteiger partial charge in [0, 0.05) is 23.2 Å². The van der Waals surface area contributed by atoms with E-state index in [1.807, 2.05) is 6.07 Å². The normalized spacial score (nSPS) is 24.1. The number of benzene rings is 1. The maximum Gasteiger partial charge on any atom is 0.335 e. The van der Waals surface area contributed by atoms with Gasteiger partial charge in [-0.25, -0.2) is 4.79 Å². The number of piperidine rings is 1. The first-order valence-corrected chi connectivity index (χ1v) is 7.05. The number of carbonyl (C=O) groups is 1. The van der Waals surface area contributed by atoms with Gasteiger partial charge in [-0.1, -0.05) is 29.8 Å². The average molecular weight is 312 g/mol. The van der Waals surface area contributed by atoms with Gasteiger partial charge >= 0.3 is 5.97 Å². The van der Waals surface area contributed by atoms with Gasteiger partial charge in [0.05, 0.1) is 5.56 Å². The second kappa shape index (κ2) is 5.31. The van der Waals surface area contributed by atoms with Crippen LogP contribution in [0, 0.1) is 11.8 Å². The van der Waals surface area contributed by atoms with Gasteiger partial charge in [-0.05, 0) is 36.5 Å². The third-order valence-electron chi connectivity index (χ3n) is 3.83. The first kappa shape index (κ1) is 13.4. The minimum absolute atomic E-state index is 0.339. The summed E-state index contributed by atoms with van der Waals surface area (Å²) in [6.07, 6.45) is 1.16. The van der Waals surface area contributed by atoms with Crippen LogP contribution in [0.1, 0.15) is 30.6 Å². The van der Waals surface area contributed by atoms with Crippen LogP contribution >= 0.6 is 15.9 Å². The summed E-state index contributed by atoms with van der Waals surface area (Å²) in [7, 11) is 0. The number of hydrogen-bond acceptors (Lipinski definition) is 2. The number of hydrogen-bond donors (Lipinski definition) is 1. The Morgan fingerprint density at radius 2 is 2.06 bits per heavy atom. The minimum Gasteiger partial charge on any atom is -0.478 e. The molecule has 1 aromatic rings. The lowest BCUT2D eigenvalue weighted by Gasteiger charge is -2.37. The maximum atomic E-state index is 11.1. The van der Waals surface area contributed by atoms with Crippen LogP contribution in [0.4, 0.5) is 5.69 Å². The zero-order valence-electron chi connectivity index (χ0n) is 10.7. The molecule has 1 N–H and O–H groups in total. The molecular weight excluding hydrogens is 294 g/mol. The van der Waals surface area contributed by atoms with E-state index in [1.54, 1.807) is 12.1 Å². The number of aromatic carboxylic acids is 1. The molecule has 98 valence electrons. The van der Waals surface area contributed by atoms with Crippen LogP contribution in [-0.2, 0) is 0 Å². The fraction of sp³-hybridized carbons (Fsp3) is 0.500. The fourth-order valence-corrected chi connectivity index (χ4v) is 2.86. The predicted molar refractivity (Wildman–Crippen MR) is 76.3 cm³/mol. The highest BCUT2D eigenvalue weighted by atomic mass is 79.9. The van der Waals surface area contributed by atoms with Crippen molar-refractivity contribution in [2.24, 2.45) is 11.8 Å². The fourth-order valence-electron chi connectivity index (χ4n) is 2.38. The average Bonchev–Trinajstić information content (AvgIpc) is 2.31. The lowest BCUT2D eigenvalue weighted by Crippen LogP contribution is -2.38. The van der Waals surface area contributed by atoms with E-state index in [2.05, 4.69) is 34.7 Å². The zero-order valence-corrected chi connectivity index (χ0v) is 12.3. The SMILES string of the molecule is CC1CCN(c2cc(Br)cc(C(=O)O)c2)CC1C. The van der Waals surface area contributed by atoms with E-state index >= 15 is 0 Å². The van der Waals surface area contributed by atoms with Gasteiger partial charge in [0.15, 0.2) is 0 Å². The Labute approximate surface area is 116 Å². The minimum atomic E-state index is -0.879. The molecular formula is C14H18BrNO2. The van der Waals surface area contributed by atoms with Gasteiger partial charge in [-0.2, -0.15) is 0 Å². The van der Waals surface area contributed by atoms with Crippen LogP contribution in [0.5, 0.6) is 0 Å². The largest absolute Gasteiger partial charge is 0.478 e. The molecule has 0 spiro atoms. The summed E-state index contributed by atoms with van der Waals surface area (Å²) in [5.74, 6) is 0.509. The second-order valence-electron chi connectivity index (χ2n) is 5.19. The molecule has 1 aliphatic rings. The van der Waals surface area contributed by atoms with Crippen LogP contribution in [0.2, 0.25) is 0 Å². The molecule has 18 heavy (non-hydrogen) atoms. The Kier molecular flexibility index (Phi) is 3.95. The van der Waals surface area contributed by atoms with E-state index in [0.29, 0.717) is 11.5 Å². The van der Waals surface area contributed by atoms with E-state index in [4.69, 9.17) is 5.11 Å². The highest BCUT2D eigenvalue weighted by Gasteiger charge is 2.23. The number of halogens is 1. The molecule has 4 heteroatoms. The smallest absolute Gasteiger partial charge is 0.335 e. The van der Waals surface area contributed by atoms with Crippen LogP contribution in [0.15, 0.2) is 22.7 Å². The number of carboxylic acid groups (broad SMARTS) is 1. The number of nitrogens with zero attached hydrogens (tertiary/aromatic N) is 1. The lowest BCUT2D eigenvalue weighted by molar-refractivity contribution is 0.0697. The predicted octanol–water partition coefficient (Wildman–Crippen LogP) is 3.63. The zero-order chi connectivity index (χ0) is 13.3. The molecule has 1 heterocycles. The molecule has 1 fully saturated rings. The Bertz CT molecular complexity index is 461. The first-order valence-electron chi connectivity index (χ1n) is 6.26. The first-order chi connectivity index (χ1) is 8.47. The standard InChI is InChI=1S/C14H18BrNO2/c1-9-3-4-16(8-10(9)2)13-6-11(14(17)18)5-12(15)7-13/h5-7,9-10H,3-4,8H2,1-2H3,(H,17,18). The van der Waals surface area contributed by atoms with Crippen LogP contribution in [0.3, 0.4) is 0 Å². The molecule has 0 bridgehead atoms. The van der Waals surface area contributed by atoms with Crippen molar-refractivity contribution < 1.29 is 9.90 Å². The molecule has 2 unspecified atom stereocenters. The third kappa shape index (κ3) is 2.86. The summed E-state index contributed by atoms with van der Waals surface area (Å²) in [6, 6.07) is 5.40. The van der Waals surface area contributed by atoms with Crippen molar-refractivity contribution >= 4 is 27.6 Å². The van der Waals surface area contributed by atoms with Crippen LogP contribution in [0.25, 0.3) is 0 Å². The Morgan fingerprint density at radius 3 is 2.67 bits per heavy atom. The van der Waals surface area contributed by atoms with Crippen molar-refractivity contribution in [3.8, 4) is 0 Å². The van der Waals surface area contributed by atoms with Crippen molar-refractivity contribution in [2.45, 2.75) is 20.3 Å². The Morgan fingerprint density at radius 1 is 1.33 bits per heavy atom. The number of anilines is 1. The highest BCUT2D eigenvalue weighted by Crippen LogP contribution is 2.29. The molecule has 0 saturated carbocycles. The lowest BCUT2D eigenvalue weighted by atomic mass is 9.88. The van der Waals surface area contributed by atoms with E-state index < -0.39 is 5.97 Å². The molecule has 2 rings (SSSR count). The topological polar surface area (TPSA) is 40.5 Å². The molecule has 1 aromatic carbocycles. The van der Waals surface area contributed by atoms with Crippen molar-refractivity contribution in [2.75, 3.05) is 18.0 Å². The quantitative estimate of drug-likeness (QED) is 0.906. The van der Waals surface area contributed by atoms with E-state index in [9.17, 15) is 4.79 Å². The maximum absolute atomic E-state index is 11.1. The van der Waals surface area contributed by atoms with Gasteiger partial charge < -0.3 is 10.0 Å². The van der Waals surface area contributed by atoms with Crippen LogP contribution < -0.4 is 4.90 Å². The van der Waals surface area contributed by atoms with Crippen molar-refractivity contribution in [3.05, 3.63) is 28.2 Å². The molecule has 1 saturated heterocycles. The van der Waals surface area contributed by atoms with E-state index in [-0.39, 0.29) is 0 Å². The van der Waals surface area contributed by atoms with Gasteiger partial charge in [0.25, 0.3) is 0 Å². The van der Waals surface area contributed by atoms with Crippen LogP contribution in [-0.4, -0.2) is 24.2 Å². The summed E-state index contributed by atoms with van der Waals surface area (Å²) in [6.45, 7) is 6.54. The van der Waals surface area contributed by atoms with E-state index in [1.165, 1.54) is 0 Å². The Hall–Kier alpha value is -1.03.